The number of hydrogen-bond donors (Lipinski definition) is 3. The Morgan fingerprint density at radius 3 is 2.38 bits per heavy atom. The molecular weight excluding hydrogens is 302 g/mol. The zero-order valence-electron chi connectivity index (χ0n) is 14.2. The van der Waals surface area contributed by atoms with Gasteiger partial charge < -0.3 is 16.4 Å². The molecular formula is C19H23N3O2. The molecule has 0 aliphatic rings. The Hall–Kier alpha value is -2.66. The molecule has 2 aromatic carbocycles. The van der Waals surface area contributed by atoms with Crippen molar-refractivity contribution in [2.45, 2.75) is 19.9 Å². The molecule has 0 saturated heterocycles. The summed E-state index contributed by atoms with van der Waals surface area (Å²) >= 11 is 0. The van der Waals surface area contributed by atoms with Crippen molar-refractivity contribution in [2.24, 2.45) is 11.7 Å². The van der Waals surface area contributed by atoms with Crippen molar-refractivity contribution in [1.82, 2.24) is 5.32 Å². The Balaban J connectivity index is 2.15. The number of carbonyl (C=O) groups excluding carboxylic acids is 2. The van der Waals surface area contributed by atoms with Crippen LogP contribution in [0.3, 0.4) is 0 Å². The number of aryl methyl sites for hydroxylation is 1. The first-order chi connectivity index (χ1) is 11.4. The first-order valence-corrected chi connectivity index (χ1v) is 7.88. The van der Waals surface area contributed by atoms with E-state index in [9.17, 15) is 9.59 Å². The molecule has 5 nitrogen and oxygen atoms in total. The standard InChI is InChI=1S/C19H23N3O2/c1-12-9-10-15(19(24)21-3)11-16(12)22-18(23)13(2)17(20)14-7-5-4-6-8-14/h4-11,13,17H,20H2,1-3H3,(H,21,24)(H,22,23). The van der Waals surface area contributed by atoms with Gasteiger partial charge in [0.2, 0.25) is 5.91 Å². The number of anilines is 1. The third-order valence-electron chi connectivity index (χ3n) is 4.12. The van der Waals surface area contributed by atoms with Crippen molar-refractivity contribution in [3.8, 4) is 0 Å². The van der Waals surface area contributed by atoms with E-state index in [0.717, 1.165) is 11.1 Å². The van der Waals surface area contributed by atoms with Crippen LogP contribution in [-0.4, -0.2) is 18.9 Å². The molecule has 0 bridgehead atoms. The fourth-order valence-corrected chi connectivity index (χ4v) is 2.42. The Labute approximate surface area is 142 Å². The second-order valence-corrected chi connectivity index (χ2v) is 5.82. The Morgan fingerprint density at radius 2 is 1.75 bits per heavy atom. The highest BCUT2D eigenvalue weighted by atomic mass is 16.2. The summed E-state index contributed by atoms with van der Waals surface area (Å²) in [6.07, 6.45) is 0. The molecule has 0 aromatic heterocycles. The highest BCUT2D eigenvalue weighted by Crippen LogP contribution is 2.23. The van der Waals surface area contributed by atoms with Crippen molar-refractivity contribution in [2.75, 3.05) is 12.4 Å². The third-order valence-corrected chi connectivity index (χ3v) is 4.12. The number of rotatable bonds is 5. The zero-order chi connectivity index (χ0) is 17.7. The summed E-state index contributed by atoms with van der Waals surface area (Å²) in [6, 6.07) is 14.3. The Kier molecular flexibility index (Phi) is 5.71. The molecule has 0 fully saturated rings. The molecule has 2 atom stereocenters. The van der Waals surface area contributed by atoms with Crippen LogP contribution < -0.4 is 16.4 Å². The average molecular weight is 325 g/mol. The van der Waals surface area contributed by atoms with E-state index in [1.807, 2.05) is 43.3 Å². The number of hydrogen-bond acceptors (Lipinski definition) is 3. The molecule has 5 heteroatoms. The van der Waals surface area contributed by atoms with Crippen LogP contribution in [0, 0.1) is 12.8 Å². The highest BCUT2D eigenvalue weighted by Gasteiger charge is 2.22. The van der Waals surface area contributed by atoms with Crippen molar-refractivity contribution >= 4 is 17.5 Å². The van der Waals surface area contributed by atoms with Gasteiger partial charge in [-0.1, -0.05) is 43.3 Å². The smallest absolute Gasteiger partial charge is 0.251 e. The van der Waals surface area contributed by atoms with Crippen LogP contribution in [0.15, 0.2) is 48.5 Å². The molecule has 24 heavy (non-hydrogen) atoms. The molecule has 126 valence electrons. The average Bonchev–Trinajstić information content (AvgIpc) is 2.62. The van der Waals surface area contributed by atoms with Crippen LogP contribution in [0.25, 0.3) is 0 Å². The summed E-state index contributed by atoms with van der Waals surface area (Å²) in [7, 11) is 1.57. The summed E-state index contributed by atoms with van der Waals surface area (Å²) in [6.45, 7) is 3.68. The molecule has 2 amide bonds. The molecule has 0 saturated carbocycles. The molecule has 0 spiro atoms. The number of nitrogens with one attached hydrogen (secondary N) is 2. The normalized spacial score (nSPS) is 13.0. The van der Waals surface area contributed by atoms with Gasteiger partial charge in [-0.2, -0.15) is 0 Å². The number of nitrogens with two attached hydrogens (primary N) is 1. The molecule has 0 heterocycles. The van der Waals surface area contributed by atoms with Gasteiger partial charge in [-0.25, -0.2) is 0 Å². The minimum atomic E-state index is -0.407. The summed E-state index contributed by atoms with van der Waals surface area (Å²) in [5, 5.41) is 5.45. The van der Waals surface area contributed by atoms with E-state index in [4.69, 9.17) is 5.73 Å². The quantitative estimate of drug-likeness (QED) is 0.790. The topological polar surface area (TPSA) is 84.2 Å². The number of benzene rings is 2. The van der Waals surface area contributed by atoms with Gasteiger partial charge >= 0.3 is 0 Å². The van der Waals surface area contributed by atoms with E-state index in [2.05, 4.69) is 10.6 Å². The Morgan fingerprint density at radius 1 is 1.08 bits per heavy atom. The Bertz CT molecular complexity index is 729. The summed E-state index contributed by atoms with van der Waals surface area (Å²) in [4.78, 5) is 24.3. The van der Waals surface area contributed by atoms with E-state index in [1.165, 1.54) is 0 Å². The van der Waals surface area contributed by atoms with Crippen LogP contribution in [0.2, 0.25) is 0 Å². The van der Waals surface area contributed by atoms with Gasteiger partial charge in [-0.05, 0) is 30.2 Å². The van der Waals surface area contributed by atoms with Crippen LogP contribution in [0.1, 0.15) is 34.5 Å². The molecule has 0 aliphatic carbocycles. The van der Waals surface area contributed by atoms with Crippen LogP contribution in [0.4, 0.5) is 5.69 Å². The van der Waals surface area contributed by atoms with E-state index in [0.29, 0.717) is 11.3 Å². The minimum Gasteiger partial charge on any atom is -0.355 e. The van der Waals surface area contributed by atoms with Crippen molar-refractivity contribution in [3.63, 3.8) is 0 Å². The molecule has 0 radical (unpaired) electrons. The summed E-state index contributed by atoms with van der Waals surface area (Å²) in [5.74, 6) is -0.779. The minimum absolute atomic E-state index is 0.177. The summed E-state index contributed by atoms with van der Waals surface area (Å²) < 4.78 is 0. The lowest BCUT2D eigenvalue weighted by molar-refractivity contribution is -0.120. The van der Waals surface area contributed by atoms with Crippen molar-refractivity contribution in [3.05, 3.63) is 65.2 Å². The maximum Gasteiger partial charge on any atom is 0.251 e. The van der Waals surface area contributed by atoms with Gasteiger partial charge in [0.1, 0.15) is 0 Å². The monoisotopic (exact) mass is 325 g/mol. The van der Waals surface area contributed by atoms with Crippen LogP contribution in [0.5, 0.6) is 0 Å². The maximum atomic E-state index is 12.5. The second kappa shape index (κ2) is 7.75. The van der Waals surface area contributed by atoms with Gasteiger partial charge in [0.05, 0.1) is 5.92 Å². The summed E-state index contributed by atoms with van der Waals surface area (Å²) in [5.41, 5.74) is 9.12. The number of amides is 2. The molecule has 2 aromatic rings. The third kappa shape index (κ3) is 4.00. The van der Waals surface area contributed by atoms with Crippen LogP contribution >= 0.6 is 0 Å². The predicted octanol–water partition coefficient (Wildman–Crippen LogP) is 2.63. The first kappa shape index (κ1) is 17.7. The lowest BCUT2D eigenvalue weighted by atomic mass is 9.94. The fraction of sp³-hybridized carbons (Fsp3) is 0.263. The first-order valence-electron chi connectivity index (χ1n) is 7.88. The molecule has 2 rings (SSSR count). The predicted molar refractivity (Wildman–Crippen MR) is 95.7 cm³/mol. The van der Waals surface area contributed by atoms with Crippen molar-refractivity contribution in [1.29, 1.82) is 0 Å². The number of carbonyl (C=O) groups is 2. The highest BCUT2D eigenvalue weighted by molar-refractivity contribution is 5.98. The molecule has 4 N–H and O–H groups in total. The lowest BCUT2D eigenvalue weighted by Gasteiger charge is -2.20. The van der Waals surface area contributed by atoms with E-state index >= 15 is 0 Å². The lowest BCUT2D eigenvalue weighted by Crippen LogP contribution is -2.30. The van der Waals surface area contributed by atoms with Gasteiger partial charge in [0.15, 0.2) is 0 Å². The largest absolute Gasteiger partial charge is 0.355 e. The molecule has 0 aliphatic heterocycles. The van der Waals surface area contributed by atoms with E-state index < -0.39 is 12.0 Å². The fourth-order valence-electron chi connectivity index (χ4n) is 2.42. The second-order valence-electron chi connectivity index (χ2n) is 5.82. The van der Waals surface area contributed by atoms with Crippen LogP contribution in [-0.2, 0) is 4.79 Å². The van der Waals surface area contributed by atoms with Gasteiger partial charge in [0.25, 0.3) is 5.91 Å². The van der Waals surface area contributed by atoms with Crippen molar-refractivity contribution < 1.29 is 9.59 Å². The molecule has 2 unspecified atom stereocenters. The zero-order valence-corrected chi connectivity index (χ0v) is 14.2. The van der Waals surface area contributed by atoms with E-state index in [-0.39, 0.29) is 11.8 Å². The van der Waals surface area contributed by atoms with Gasteiger partial charge in [-0.3, -0.25) is 9.59 Å². The maximum absolute atomic E-state index is 12.5. The SMILES string of the molecule is CNC(=O)c1ccc(C)c(NC(=O)C(C)C(N)c2ccccc2)c1. The van der Waals surface area contributed by atoms with E-state index in [1.54, 1.807) is 26.1 Å². The van der Waals surface area contributed by atoms with Gasteiger partial charge in [0, 0.05) is 24.3 Å². The van der Waals surface area contributed by atoms with Gasteiger partial charge in [-0.15, -0.1) is 0 Å².